The summed E-state index contributed by atoms with van der Waals surface area (Å²) in [5.41, 5.74) is 0.797. The first-order valence-electron chi connectivity index (χ1n) is 10.00. The van der Waals surface area contributed by atoms with Gasteiger partial charge in [0.15, 0.2) is 11.5 Å². The van der Waals surface area contributed by atoms with Gasteiger partial charge in [0.25, 0.3) is 5.91 Å². The summed E-state index contributed by atoms with van der Waals surface area (Å²) in [5, 5.41) is 5.76. The van der Waals surface area contributed by atoms with Crippen LogP contribution in [0.5, 0.6) is 11.5 Å². The topological polar surface area (TPSA) is 94.5 Å². The smallest absolute Gasteiger partial charge is 0.251 e. The van der Waals surface area contributed by atoms with Gasteiger partial charge in [0, 0.05) is 37.5 Å². The van der Waals surface area contributed by atoms with Crippen LogP contribution in [-0.2, 0) is 11.3 Å². The molecule has 30 heavy (non-hydrogen) atoms. The molecule has 0 aliphatic heterocycles. The van der Waals surface area contributed by atoms with Crippen molar-refractivity contribution >= 4 is 17.5 Å². The molecule has 1 aromatic heterocycles. The van der Waals surface area contributed by atoms with Gasteiger partial charge in [0.05, 0.1) is 19.9 Å². The number of aromatic nitrogens is 2. The summed E-state index contributed by atoms with van der Waals surface area (Å²) >= 11 is 0. The van der Waals surface area contributed by atoms with E-state index < -0.39 is 0 Å². The predicted molar refractivity (Wildman–Crippen MR) is 114 cm³/mol. The third kappa shape index (κ3) is 5.20. The first kappa shape index (κ1) is 21.4. The summed E-state index contributed by atoms with van der Waals surface area (Å²) < 4.78 is 12.8. The van der Waals surface area contributed by atoms with E-state index in [4.69, 9.17) is 9.47 Å². The van der Waals surface area contributed by atoms with Gasteiger partial charge in [0.1, 0.15) is 5.82 Å². The van der Waals surface area contributed by atoms with Gasteiger partial charge < -0.3 is 24.7 Å². The number of carbonyl (C=O) groups is 2. The Balaban J connectivity index is 1.71. The van der Waals surface area contributed by atoms with E-state index in [2.05, 4.69) is 27.8 Å². The average Bonchev–Trinajstić information content (AvgIpc) is 3.39. The number of aryl methyl sites for hydroxylation is 1. The van der Waals surface area contributed by atoms with Crippen molar-refractivity contribution in [1.29, 1.82) is 0 Å². The van der Waals surface area contributed by atoms with E-state index in [1.165, 1.54) is 14.2 Å². The Labute approximate surface area is 176 Å². The summed E-state index contributed by atoms with van der Waals surface area (Å²) in [4.78, 5) is 29.4. The molecule has 0 radical (unpaired) electrons. The number of carbonyl (C=O) groups excluding carboxylic acids is 2. The number of imidazole rings is 1. The van der Waals surface area contributed by atoms with Crippen molar-refractivity contribution < 1.29 is 19.1 Å². The lowest BCUT2D eigenvalue weighted by atomic mass is 10.0. The number of anilines is 1. The van der Waals surface area contributed by atoms with Crippen LogP contribution >= 0.6 is 0 Å². The third-order valence-corrected chi connectivity index (χ3v) is 5.14. The van der Waals surface area contributed by atoms with E-state index in [0.29, 0.717) is 42.3 Å². The Kier molecular flexibility index (Phi) is 7.11. The molecule has 2 N–H and O–H groups in total. The van der Waals surface area contributed by atoms with Crippen molar-refractivity contribution in [3.8, 4) is 11.5 Å². The SMILES string of the molecule is COc1cc(C(=O)NCCn2ccnc2C)cc(NC(=O)CC2C=CCC2)c1OC. The minimum absolute atomic E-state index is 0.125. The average molecular weight is 412 g/mol. The molecule has 1 aromatic carbocycles. The summed E-state index contributed by atoms with van der Waals surface area (Å²) in [5.74, 6) is 1.52. The van der Waals surface area contributed by atoms with E-state index in [-0.39, 0.29) is 17.7 Å². The molecule has 1 aliphatic carbocycles. The van der Waals surface area contributed by atoms with E-state index in [9.17, 15) is 9.59 Å². The molecule has 0 fully saturated rings. The second-order valence-electron chi connectivity index (χ2n) is 7.20. The zero-order chi connectivity index (χ0) is 21.5. The number of methoxy groups -OCH3 is 2. The predicted octanol–water partition coefficient (Wildman–Crippen LogP) is 2.93. The maximum absolute atomic E-state index is 12.7. The van der Waals surface area contributed by atoms with Gasteiger partial charge in [-0.05, 0) is 37.8 Å². The van der Waals surface area contributed by atoms with Gasteiger partial charge in [0.2, 0.25) is 5.91 Å². The minimum Gasteiger partial charge on any atom is -0.493 e. The zero-order valence-corrected chi connectivity index (χ0v) is 17.6. The van der Waals surface area contributed by atoms with Crippen LogP contribution in [0.4, 0.5) is 5.69 Å². The van der Waals surface area contributed by atoms with Crippen LogP contribution in [0.2, 0.25) is 0 Å². The molecule has 0 bridgehead atoms. The molecule has 0 saturated heterocycles. The summed E-state index contributed by atoms with van der Waals surface area (Å²) in [7, 11) is 3.00. The number of amides is 2. The molecule has 1 atom stereocenters. The molecule has 0 saturated carbocycles. The Morgan fingerprint density at radius 1 is 1.27 bits per heavy atom. The standard InChI is InChI=1S/C22H28N4O4/c1-15-23-8-10-26(15)11-9-24-22(28)17-13-18(21(30-3)19(14-17)29-2)25-20(27)12-16-6-4-5-7-16/h4,6,8,10,13-14,16H,5,7,9,11-12H2,1-3H3,(H,24,28)(H,25,27). The van der Waals surface area contributed by atoms with Crippen LogP contribution in [-0.4, -0.2) is 42.1 Å². The monoisotopic (exact) mass is 412 g/mol. The molecule has 8 heteroatoms. The van der Waals surface area contributed by atoms with Gasteiger partial charge in [-0.25, -0.2) is 4.98 Å². The Hall–Kier alpha value is -3.29. The fraction of sp³-hybridized carbons (Fsp3) is 0.409. The van der Waals surface area contributed by atoms with E-state index in [1.54, 1.807) is 18.3 Å². The first-order valence-corrected chi connectivity index (χ1v) is 10.00. The molecular formula is C22H28N4O4. The van der Waals surface area contributed by atoms with E-state index in [0.717, 1.165) is 18.7 Å². The first-order chi connectivity index (χ1) is 14.5. The Morgan fingerprint density at radius 2 is 2.10 bits per heavy atom. The quantitative estimate of drug-likeness (QED) is 0.618. The van der Waals surface area contributed by atoms with Crippen molar-refractivity contribution in [2.24, 2.45) is 5.92 Å². The summed E-state index contributed by atoms with van der Waals surface area (Å²) in [6.45, 7) is 2.97. The lowest BCUT2D eigenvalue weighted by Gasteiger charge is -2.16. The van der Waals surface area contributed by atoms with Crippen molar-refractivity contribution in [3.05, 3.63) is 48.1 Å². The highest BCUT2D eigenvalue weighted by molar-refractivity contribution is 5.99. The van der Waals surface area contributed by atoms with Gasteiger partial charge in [-0.2, -0.15) is 0 Å². The largest absolute Gasteiger partial charge is 0.493 e. The Morgan fingerprint density at radius 3 is 2.73 bits per heavy atom. The maximum Gasteiger partial charge on any atom is 0.251 e. The molecule has 8 nitrogen and oxygen atoms in total. The van der Waals surface area contributed by atoms with Crippen molar-refractivity contribution in [2.75, 3.05) is 26.1 Å². The molecule has 160 valence electrons. The number of nitrogens with one attached hydrogen (secondary N) is 2. The van der Waals surface area contributed by atoms with Crippen LogP contribution in [0.1, 0.15) is 35.4 Å². The molecule has 0 spiro atoms. The van der Waals surface area contributed by atoms with Crippen LogP contribution in [0.15, 0.2) is 36.7 Å². The highest BCUT2D eigenvalue weighted by Gasteiger charge is 2.20. The van der Waals surface area contributed by atoms with Crippen LogP contribution < -0.4 is 20.1 Å². The lowest BCUT2D eigenvalue weighted by Crippen LogP contribution is -2.27. The molecule has 2 aromatic rings. The van der Waals surface area contributed by atoms with Crippen LogP contribution in [0.25, 0.3) is 0 Å². The highest BCUT2D eigenvalue weighted by atomic mass is 16.5. The highest BCUT2D eigenvalue weighted by Crippen LogP contribution is 2.37. The van der Waals surface area contributed by atoms with E-state index >= 15 is 0 Å². The molecule has 2 amide bonds. The Bertz CT molecular complexity index is 935. The van der Waals surface area contributed by atoms with Crippen molar-refractivity contribution in [1.82, 2.24) is 14.9 Å². The molecular weight excluding hydrogens is 384 g/mol. The van der Waals surface area contributed by atoms with Gasteiger partial charge in [-0.15, -0.1) is 0 Å². The number of ether oxygens (including phenoxy) is 2. The number of rotatable bonds is 9. The minimum atomic E-state index is -0.261. The summed E-state index contributed by atoms with van der Waals surface area (Å²) in [6, 6.07) is 3.22. The van der Waals surface area contributed by atoms with Crippen LogP contribution in [0.3, 0.4) is 0 Å². The number of nitrogens with zero attached hydrogens (tertiary/aromatic N) is 2. The maximum atomic E-state index is 12.7. The summed E-state index contributed by atoms with van der Waals surface area (Å²) in [6.07, 6.45) is 10.1. The number of hydrogen-bond donors (Lipinski definition) is 2. The molecule has 3 rings (SSSR count). The second kappa shape index (κ2) is 9.96. The number of allylic oxidation sites excluding steroid dienone is 2. The van der Waals surface area contributed by atoms with E-state index in [1.807, 2.05) is 17.7 Å². The zero-order valence-electron chi connectivity index (χ0n) is 17.6. The number of hydrogen-bond acceptors (Lipinski definition) is 5. The number of benzene rings is 1. The molecule has 1 heterocycles. The van der Waals surface area contributed by atoms with Crippen LogP contribution in [0, 0.1) is 12.8 Å². The van der Waals surface area contributed by atoms with Gasteiger partial charge in [-0.3, -0.25) is 9.59 Å². The molecule has 1 aliphatic rings. The molecule has 1 unspecified atom stereocenters. The van der Waals surface area contributed by atoms with Gasteiger partial charge in [-0.1, -0.05) is 12.2 Å². The normalized spacial score (nSPS) is 15.1. The third-order valence-electron chi connectivity index (χ3n) is 5.14. The van der Waals surface area contributed by atoms with Crippen molar-refractivity contribution in [2.45, 2.75) is 32.7 Å². The second-order valence-corrected chi connectivity index (χ2v) is 7.20. The van der Waals surface area contributed by atoms with Gasteiger partial charge >= 0.3 is 0 Å². The lowest BCUT2D eigenvalue weighted by molar-refractivity contribution is -0.116. The fourth-order valence-electron chi connectivity index (χ4n) is 3.53. The van der Waals surface area contributed by atoms with Crippen molar-refractivity contribution in [3.63, 3.8) is 0 Å². The fourth-order valence-corrected chi connectivity index (χ4v) is 3.53.